The summed E-state index contributed by atoms with van der Waals surface area (Å²) in [5.41, 5.74) is 6.36. The van der Waals surface area contributed by atoms with E-state index in [9.17, 15) is 4.79 Å². The average Bonchev–Trinajstić information content (AvgIpc) is 2.90. The van der Waals surface area contributed by atoms with Crippen molar-refractivity contribution in [2.75, 3.05) is 32.7 Å². The molecule has 0 radical (unpaired) electrons. The molecule has 19 heavy (non-hydrogen) atoms. The van der Waals surface area contributed by atoms with Crippen molar-refractivity contribution in [3.8, 4) is 0 Å². The minimum absolute atomic E-state index is 0.240. The number of hydrogen-bond acceptors (Lipinski definition) is 3. The summed E-state index contributed by atoms with van der Waals surface area (Å²) >= 11 is 0. The fourth-order valence-electron chi connectivity index (χ4n) is 3.15. The highest BCUT2D eigenvalue weighted by atomic mass is 16.2. The maximum Gasteiger partial charge on any atom is 0.224 e. The van der Waals surface area contributed by atoms with Gasteiger partial charge in [0.25, 0.3) is 0 Å². The van der Waals surface area contributed by atoms with Crippen LogP contribution < -0.4 is 5.73 Å². The van der Waals surface area contributed by atoms with Crippen molar-refractivity contribution in [2.24, 2.45) is 11.1 Å². The molecule has 2 heterocycles. The lowest BCUT2D eigenvalue weighted by atomic mass is 9.82. The van der Waals surface area contributed by atoms with Crippen LogP contribution >= 0.6 is 0 Å². The summed E-state index contributed by atoms with van der Waals surface area (Å²) in [5.74, 6) is 0.304. The van der Waals surface area contributed by atoms with Crippen LogP contribution in [0.2, 0.25) is 0 Å². The molecule has 0 aromatic rings. The molecule has 2 N–H and O–H groups in total. The third-order valence-corrected chi connectivity index (χ3v) is 4.81. The molecule has 0 aliphatic carbocycles. The fraction of sp³-hybridized carbons (Fsp3) is 0.933. The van der Waals surface area contributed by atoms with Gasteiger partial charge in [-0.1, -0.05) is 13.8 Å². The first-order chi connectivity index (χ1) is 9.02. The number of rotatable bonds is 4. The molecule has 2 aliphatic rings. The van der Waals surface area contributed by atoms with Gasteiger partial charge < -0.3 is 10.6 Å². The van der Waals surface area contributed by atoms with Crippen molar-refractivity contribution in [1.29, 1.82) is 0 Å². The van der Waals surface area contributed by atoms with E-state index in [1.165, 1.54) is 12.8 Å². The van der Waals surface area contributed by atoms with Crippen LogP contribution in [-0.2, 0) is 4.79 Å². The quantitative estimate of drug-likeness (QED) is 0.838. The lowest BCUT2D eigenvalue weighted by Gasteiger charge is -2.40. The van der Waals surface area contributed by atoms with Crippen molar-refractivity contribution in [2.45, 2.75) is 52.0 Å². The first-order valence-electron chi connectivity index (χ1n) is 7.74. The summed E-state index contributed by atoms with van der Waals surface area (Å²) in [4.78, 5) is 16.7. The number of carbonyl (C=O) groups is 1. The van der Waals surface area contributed by atoms with Gasteiger partial charge in [0.1, 0.15) is 0 Å². The largest absolute Gasteiger partial charge is 0.343 e. The molecule has 2 saturated heterocycles. The maximum absolute atomic E-state index is 12.2. The smallest absolute Gasteiger partial charge is 0.224 e. The highest BCUT2D eigenvalue weighted by molar-refractivity contribution is 5.77. The van der Waals surface area contributed by atoms with Crippen LogP contribution in [0.25, 0.3) is 0 Å². The van der Waals surface area contributed by atoms with Crippen LogP contribution in [0.1, 0.15) is 46.0 Å². The maximum atomic E-state index is 12.2. The van der Waals surface area contributed by atoms with Crippen molar-refractivity contribution in [3.05, 3.63) is 0 Å². The molecule has 2 rings (SSSR count). The summed E-state index contributed by atoms with van der Waals surface area (Å²) in [6.45, 7) is 9.32. The van der Waals surface area contributed by atoms with Gasteiger partial charge in [-0.3, -0.25) is 9.69 Å². The highest BCUT2D eigenvalue weighted by Gasteiger charge is 2.30. The number of amides is 1. The van der Waals surface area contributed by atoms with Crippen molar-refractivity contribution in [3.63, 3.8) is 0 Å². The molecule has 110 valence electrons. The molecule has 1 unspecified atom stereocenters. The molecule has 0 bridgehead atoms. The zero-order valence-electron chi connectivity index (χ0n) is 12.5. The summed E-state index contributed by atoms with van der Waals surface area (Å²) in [6, 6.07) is 0.240. The Morgan fingerprint density at radius 2 is 1.74 bits per heavy atom. The molecule has 4 nitrogen and oxygen atoms in total. The Balaban J connectivity index is 1.84. The van der Waals surface area contributed by atoms with Gasteiger partial charge in [0.15, 0.2) is 0 Å². The Morgan fingerprint density at radius 1 is 1.16 bits per heavy atom. The molecule has 0 saturated carbocycles. The molecule has 4 heteroatoms. The van der Waals surface area contributed by atoms with Gasteiger partial charge in [-0.05, 0) is 44.2 Å². The van der Waals surface area contributed by atoms with E-state index in [1.807, 2.05) is 4.90 Å². The molecule has 2 fully saturated rings. The van der Waals surface area contributed by atoms with E-state index in [1.54, 1.807) is 0 Å². The lowest BCUT2D eigenvalue weighted by Crippen LogP contribution is -2.49. The van der Waals surface area contributed by atoms with Gasteiger partial charge >= 0.3 is 0 Å². The van der Waals surface area contributed by atoms with Gasteiger partial charge in [-0.25, -0.2) is 0 Å². The molecular formula is C15H29N3O. The Labute approximate surface area is 117 Å². The molecular weight excluding hydrogens is 238 g/mol. The summed E-state index contributed by atoms with van der Waals surface area (Å²) in [5, 5.41) is 0. The minimum atomic E-state index is 0.240. The van der Waals surface area contributed by atoms with Crippen LogP contribution in [0, 0.1) is 5.41 Å². The first-order valence-corrected chi connectivity index (χ1v) is 7.74. The number of carbonyl (C=O) groups excluding carboxylic acids is 1. The number of likely N-dealkylation sites (tertiary alicyclic amines) is 2. The molecule has 0 aromatic carbocycles. The Bertz CT molecular complexity index is 301. The van der Waals surface area contributed by atoms with Crippen LogP contribution in [0.15, 0.2) is 0 Å². The van der Waals surface area contributed by atoms with Gasteiger partial charge in [-0.2, -0.15) is 0 Å². The van der Waals surface area contributed by atoms with Crippen LogP contribution in [0.3, 0.4) is 0 Å². The predicted octanol–water partition coefficient (Wildman–Crippen LogP) is 1.45. The van der Waals surface area contributed by atoms with Gasteiger partial charge in [0, 0.05) is 32.1 Å². The second kappa shape index (κ2) is 6.23. The molecule has 1 atom stereocenters. The van der Waals surface area contributed by atoms with Crippen LogP contribution in [0.4, 0.5) is 0 Å². The Hall–Kier alpha value is -0.610. The number of nitrogens with zero attached hydrogens (tertiary/aromatic N) is 2. The zero-order valence-corrected chi connectivity index (χ0v) is 12.5. The molecule has 1 amide bonds. The van der Waals surface area contributed by atoms with E-state index in [4.69, 9.17) is 5.73 Å². The number of hydrogen-bond donors (Lipinski definition) is 1. The van der Waals surface area contributed by atoms with Gasteiger partial charge in [-0.15, -0.1) is 0 Å². The Morgan fingerprint density at radius 3 is 2.26 bits per heavy atom. The van der Waals surface area contributed by atoms with Crippen LogP contribution in [0.5, 0.6) is 0 Å². The van der Waals surface area contributed by atoms with E-state index < -0.39 is 0 Å². The molecule has 2 aliphatic heterocycles. The standard InChI is InChI=1S/C15H29N3O/c1-15(2)5-9-17(10-6-15)13(12-16)11-14(19)18-7-3-4-8-18/h13H,3-12,16H2,1-2H3. The second-order valence-electron chi connectivity index (χ2n) is 6.88. The van der Waals surface area contributed by atoms with Gasteiger partial charge in [0.05, 0.1) is 0 Å². The first kappa shape index (κ1) is 14.8. The fourth-order valence-corrected chi connectivity index (χ4v) is 3.15. The summed E-state index contributed by atoms with van der Waals surface area (Å²) in [7, 11) is 0. The normalized spacial score (nSPS) is 25.5. The zero-order chi connectivity index (χ0) is 13.9. The van der Waals surface area contributed by atoms with Crippen molar-refractivity contribution < 1.29 is 4.79 Å². The van der Waals surface area contributed by atoms with E-state index in [-0.39, 0.29) is 6.04 Å². The van der Waals surface area contributed by atoms with Crippen molar-refractivity contribution >= 4 is 5.91 Å². The molecule has 0 aromatic heterocycles. The number of piperidine rings is 1. The summed E-state index contributed by atoms with van der Waals surface area (Å²) in [6.07, 6.45) is 5.35. The average molecular weight is 267 g/mol. The minimum Gasteiger partial charge on any atom is -0.343 e. The summed E-state index contributed by atoms with van der Waals surface area (Å²) < 4.78 is 0. The molecule has 0 spiro atoms. The van der Waals surface area contributed by atoms with Gasteiger partial charge in [0.2, 0.25) is 5.91 Å². The van der Waals surface area contributed by atoms with E-state index in [0.29, 0.717) is 24.3 Å². The third kappa shape index (κ3) is 3.93. The second-order valence-corrected chi connectivity index (χ2v) is 6.88. The third-order valence-electron chi connectivity index (χ3n) is 4.81. The SMILES string of the molecule is CC1(C)CCN(C(CN)CC(=O)N2CCCC2)CC1. The van der Waals surface area contributed by atoms with E-state index in [2.05, 4.69) is 18.7 Å². The van der Waals surface area contributed by atoms with E-state index >= 15 is 0 Å². The monoisotopic (exact) mass is 267 g/mol. The van der Waals surface area contributed by atoms with Crippen LogP contribution in [-0.4, -0.2) is 54.5 Å². The Kier molecular flexibility index (Phi) is 4.85. The highest BCUT2D eigenvalue weighted by Crippen LogP contribution is 2.30. The number of nitrogens with two attached hydrogens (primary N) is 1. The topological polar surface area (TPSA) is 49.6 Å². The van der Waals surface area contributed by atoms with E-state index in [0.717, 1.165) is 39.0 Å². The van der Waals surface area contributed by atoms with Crippen molar-refractivity contribution in [1.82, 2.24) is 9.80 Å². The lowest BCUT2D eigenvalue weighted by molar-refractivity contribution is -0.131. The predicted molar refractivity (Wildman–Crippen MR) is 77.9 cm³/mol.